The summed E-state index contributed by atoms with van der Waals surface area (Å²) in [5.41, 5.74) is 1.49. The molecule has 1 saturated heterocycles. The number of hydrogen-bond acceptors (Lipinski definition) is 2. The molecule has 0 unspecified atom stereocenters. The number of likely N-dealkylation sites (tertiary alicyclic amines) is 1. The molecule has 1 aliphatic heterocycles. The zero-order valence-corrected chi connectivity index (χ0v) is 16.1. The smallest absolute Gasteiger partial charge is 0.317 e. The number of carbonyl (C=O) groups excluding carboxylic acids is 2. The first-order valence-electron chi connectivity index (χ1n) is 10.7. The molecule has 146 valence electrons. The Bertz CT molecular complexity index is 511. The second-order valence-electron chi connectivity index (χ2n) is 8.22. The number of hydrogen-bond donors (Lipinski definition) is 2. The average molecular weight is 362 g/mol. The molecule has 2 N–H and O–H groups in total. The summed E-state index contributed by atoms with van der Waals surface area (Å²) in [7, 11) is 0. The topological polar surface area (TPSA) is 61.4 Å². The summed E-state index contributed by atoms with van der Waals surface area (Å²) in [6, 6.07) is 0.357. The van der Waals surface area contributed by atoms with Crippen molar-refractivity contribution in [1.82, 2.24) is 15.5 Å². The van der Waals surface area contributed by atoms with Gasteiger partial charge in [-0.15, -0.1) is 0 Å². The van der Waals surface area contributed by atoms with Crippen molar-refractivity contribution in [1.29, 1.82) is 0 Å². The number of allylic oxidation sites excluding steroid dienone is 1. The van der Waals surface area contributed by atoms with Gasteiger partial charge in [0.05, 0.1) is 5.92 Å². The Morgan fingerprint density at radius 2 is 1.88 bits per heavy atom. The summed E-state index contributed by atoms with van der Waals surface area (Å²) in [6.45, 7) is 2.07. The van der Waals surface area contributed by atoms with Crippen LogP contribution in [0.5, 0.6) is 0 Å². The molecule has 0 aromatic carbocycles. The van der Waals surface area contributed by atoms with Crippen LogP contribution in [0.2, 0.25) is 0 Å². The molecular formula is C21H35N3O2. The van der Waals surface area contributed by atoms with E-state index in [2.05, 4.69) is 16.7 Å². The van der Waals surface area contributed by atoms with E-state index >= 15 is 0 Å². The Morgan fingerprint density at radius 3 is 2.65 bits per heavy atom. The van der Waals surface area contributed by atoms with Gasteiger partial charge in [-0.25, -0.2) is 4.79 Å². The SMILES string of the molecule is O=C(NCCC1=CCCCC1)[C@H]1CCCN(C(=O)NC2CCCCC2)C1. The van der Waals surface area contributed by atoms with Crippen molar-refractivity contribution in [3.63, 3.8) is 0 Å². The molecule has 0 spiro atoms. The summed E-state index contributed by atoms with van der Waals surface area (Å²) in [5.74, 6) is 0.0674. The molecule has 1 saturated carbocycles. The summed E-state index contributed by atoms with van der Waals surface area (Å²) in [6.07, 6.45) is 16.0. The van der Waals surface area contributed by atoms with Crippen LogP contribution in [0.3, 0.4) is 0 Å². The Labute approximate surface area is 158 Å². The Balaban J connectivity index is 1.39. The lowest BCUT2D eigenvalue weighted by Crippen LogP contribution is -2.51. The number of rotatable bonds is 5. The second-order valence-corrected chi connectivity index (χ2v) is 8.22. The van der Waals surface area contributed by atoms with Crippen molar-refractivity contribution < 1.29 is 9.59 Å². The van der Waals surface area contributed by atoms with Gasteiger partial charge in [0.15, 0.2) is 0 Å². The van der Waals surface area contributed by atoms with Crippen molar-refractivity contribution in [3.05, 3.63) is 11.6 Å². The first-order chi connectivity index (χ1) is 12.7. The van der Waals surface area contributed by atoms with Crippen LogP contribution in [0.4, 0.5) is 4.79 Å². The summed E-state index contributed by atoms with van der Waals surface area (Å²) in [5, 5.41) is 6.28. The third-order valence-corrected chi connectivity index (χ3v) is 6.14. The van der Waals surface area contributed by atoms with E-state index in [0.717, 1.165) is 45.2 Å². The van der Waals surface area contributed by atoms with E-state index in [-0.39, 0.29) is 17.9 Å². The number of urea groups is 1. The maximum atomic E-state index is 12.5. The number of nitrogens with zero attached hydrogens (tertiary/aromatic N) is 1. The van der Waals surface area contributed by atoms with Gasteiger partial charge in [-0.2, -0.15) is 0 Å². The lowest BCUT2D eigenvalue weighted by molar-refractivity contribution is -0.126. The Hall–Kier alpha value is -1.52. The van der Waals surface area contributed by atoms with Crippen LogP contribution in [-0.4, -0.2) is 42.5 Å². The minimum Gasteiger partial charge on any atom is -0.355 e. The van der Waals surface area contributed by atoms with Gasteiger partial charge in [-0.3, -0.25) is 4.79 Å². The molecule has 0 aromatic rings. The molecule has 0 bridgehead atoms. The van der Waals surface area contributed by atoms with Gasteiger partial charge in [-0.1, -0.05) is 30.9 Å². The lowest BCUT2D eigenvalue weighted by atomic mass is 9.95. The minimum atomic E-state index is -0.0545. The highest BCUT2D eigenvalue weighted by Crippen LogP contribution is 2.21. The van der Waals surface area contributed by atoms with Crippen LogP contribution in [0.25, 0.3) is 0 Å². The first-order valence-corrected chi connectivity index (χ1v) is 10.7. The maximum absolute atomic E-state index is 12.5. The minimum absolute atomic E-state index is 0.0294. The Kier molecular flexibility index (Phi) is 7.39. The molecule has 1 atom stereocenters. The predicted octanol–water partition coefficient (Wildman–Crippen LogP) is 3.75. The van der Waals surface area contributed by atoms with Crippen LogP contribution < -0.4 is 10.6 Å². The van der Waals surface area contributed by atoms with Crippen molar-refractivity contribution in [2.45, 2.75) is 83.1 Å². The van der Waals surface area contributed by atoms with Crippen molar-refractivity contribution in [2.24, 2.45) is 5.92 Å². The van der Waals surface area contributed by atoms with Gasteiger partial charge in [0.25, 0.3) is 0 Å². The fourth-order valence-corrected chi connectivity index (χ4v) is 4.51. The van der Waals surface area contributed by atoms with E-state index in [4.69, 9.17) is 0 Å². The largest absolute Gasteiger partial charge is 0.355 e. The molecule has 2 fully saturated rings. The molecule has 3 amide bonds. The second kappa shape index (κ2) is 9.98. The van der Waals surface area contributed by atoms with Crippen molar-refractivity contribution in [2.75, 3.05) is 19.6 Å². The maximum Gasteiger partial charge on any atom is 0.317 e. The molecule has 26 heavy (non-hydrogen) atoms. The van der Waals surface area contributed by atoms with Crippen LogP contribution in [0.15, 0.2) is 11.6 Å². The van der Waals surface area contributed by atoms with E-state index in [0.29, 0.717) is 12.6 Å². The van der Waals surface area contributed by atoms with E-state index in [9.17, 15) is 9.59 Å². The van der Waals surface area contributed by atoms with Gasteiger partial charge in [0.1, 0.15) is 0 Å². The first kappa shape index (κ1) is 19.2. The van der Waals surface area contributed by atoms with Crippen LogP contribution in [0.1, 0.15) is 77.0 Å². The van der Waals surface area contributed by atoms with Crippen LogP contribution in [0, 0.1) is 5.92 Å². The molecule has 2 aliphatic carbocycles. The highest BCUT2D eigenvalue weighted by molar-refractivity contribution is 5.81. The standard InChI is InChI=1S/C21H35N3O2/c25-20(22-14-13-17-8-3-1-4-9-17)18-10-7-15-24(16-18)21(26)23-19-11-5-2-6-12-19/h8,18-19H,1-7,9-16H2,(H,22,25)(H,23,26)/t18-/m0/s1. The molecule has 0 aromatic heterocycles. The van der Waals surface area contributed by atoms with Crippen LogP contribution in [-0.2, 0) is 4.79 Å². The van der Waals surface area contributed by atoms with Crippen molar-refractivity contribution in [3.8, 4) is 0 Å². The molecule has 3 aliphatic rings. The summed E-state index contributed by atoms with van der Waals surface area (Å²) in [4.78, 5) is 26.9. The van der Waals surface area contributed by atoms with E-state index < -0.39 is 0 Å². The van der Waals surface area contributed by atoms with Crippen molar-refractivity contribution >= 4 is 11.9 Å². The monoisotopic (exact) mass is 361 g/mol. The molecule has 1 heterocycles. The third-order valence-electron chi connectivity index (χ3n) is 6.14. The Morgan fingerprint density at radius 1 is 1.04 bits per heavy atom. The molecule has 0 radical (unpaired) electrons. The van der Waals surface area contributed by atoms with E-state index in [1.807, 2.05) is 4.90 Å². The molecule has 3 rings (SSSR count). The fraction of sp³-hybridized carbons (Fsp3) is 0.810. The van der Waals surface area contributed by atoms with Crippen LogP contribution >= 0.6 is 0 Å². The van der Waals surface area contributed by atoms with Gasteiger partial charge in [0.2, 0.25) is 5.91 Å². The normalized spacial score (nSPS) is 24.7. The summed E-state index contributed by atoms with van der Waals surface area (Å²) >= 11 is 0. The number of piperidine rings is 1. The number of amides is 3. The lowest BCUT2D eigenvalue weighted by Gasteiger charge is -2.34. The van der Waals surface area contributed by atoms with E-state index in [1.165, 1.54) is 50.5 Å². The summed E-state index contributed by atoms with van der Waals surface area (Å²) < 4.78 is 0. The van der Waals surface area contributed by atoms with E-state index in [1.54, 1.807) is 0 Å². The van der Waals surface area contributed by atoms with Gasteiger partial charge < -0.3 is 15.5 Å². The molecular weight excluding hydrogens is 326 g/mol. The quantitative estimate of drug-likeness (QED) is 0.733. The highest BCUT2D eigenvalue weighted by atomic mass is 16.2. The fourth-order valence-electron chi connectivity index (χ4n) is 4.51. The zero-order chi connectivity index (χ0) is 18.2. The van der Waals surface area contributed by atoms with Gasteiger partial charge >= 0.3 is 6.03 Å². The average Bonchev–Trinajstić information content (AvgIpc) is 2.69. The highest BCUT2D eigenvalue weighted by Gasteiger charge is 2.29. The number of nitrogens with one attached hydrogen (secondary N) is 2. The third kappa shape index (κ3) is 5.75. The van der Waals surface area contributed by atoms with Gasteiger partial charge in [0, 0.05) is 25.7 Å². The number of carbonyl (C=O) groups is 2. The molecule has 5 heteroatoms. The van der Waals surface area contributed by atoms with Gasteiger partial charge in [-0.05, 0) is 57.8 Å². The zero-order valence-electron chi connectivity index (χ0n) is 16.1. The predicted molar refractivity (Wildman–Crippen MR) is 104 cm³/mol. The molecule has 5 nitrogen and oxygen atoms in total.